The quantitative estimate of drug-likeness (QED) is 0.476. The number of thiophene rings is 1. The van der Waals surface area contributed by atoms with Gasteiger partial charge in [-0.3, -0.25) is 0 Å². The molecule has 0 aliphatic rings. The lowest BCUT2D eigenvalue weighted by molar-refractivity contribution is 0.594. The molecule has 1 aromatic carbocycles. The Bertz CT molecular complexity index is 1090. The minimum atomic E-state index is -1.15. The number of rotatable bonds is 6. The molecule has 0 saturated heterocycles. The van der Waals surface area contributed by atoms with Crippen molar-refractivity contribution in [1.82, 2.24) is 19.9 Å². The van der Waals surface area contributed by atoms with E-state index < -0.39 is 11.2 Å². The Morgan fingerprint density at radius 1 is 1.04 bits per heavy atom. The monoisotopic (exact) mass is 409 g/mol. The maximum atomic E-state index is 12.8. The molecule has 0 bridgehead atoms. The van der Waals surface area contributed by atoms with Crippen LogP contribution in [0.15, 0.2) is 53.0 Å². The minimum Gasteiger partial charge on any atom is -0.611 e. The number of hydrogen-bond donors (Lipinski definition) is 1. The van der Waals surface area contributed by atoms with Crippen molar-refractivity contribution in [2.75, 3.05) is 11.5 Å². The van der Waals surface area contributed by atoms with Gasteiger partial charge in [-0.15, -0.1) is 0 Å². The molecule has 3 aromatic heterocycles. The Hall–Kier alpha value is -2.55. The first kappa shape index (κ1) is 18.8. The number of hydrogen-bond acceptors (Lipinski definition) is 7. The van der Waals surface area contributed by atoms with Gasteiger partial charge in [0.05, 0.1) is 11.1 Å². The molecule has 6 nitrogen and oxygen atoms in total. The first-order valence-electron chi connectivity index (χ1n) is 9.00. The van der Waals surface area contributed by atoms with Gasteiger partial charge in [-0.25, -0.2) is 19.9 Å². The highest BCUT2D eigenvalue weighted by atomic mass is 32.2. The molecule has 0 saturated carbocycles. The average Bonchev–Trinajstić information content (AvgIpc) is 3.09. The van der Waals surface area contributed by atoms with E-state index in [0.29, 0.717) is 37.8 Å². The highest BCUT2D eigenvalue weighted by Gasteiger charge is 2.25. The Morgan fingerprint density at radius 3 is 2.50 bits per heavy atom. The summed E-state index contributed by atoms with van der Waals surface area (Å²) in [4.78, 5) is 18.6. The number of aromatic nitrogens is 4. The molecule has 0 fully saturated rings. The Kier molecular flexibility index (Phi) is 5.52. The van der Waals surface area contributed by atoms with Gasteiger partial charge in [0.25, 0.3) is 0 Å². The van der Waals surface area contributed by atoms with Crippen LogP contribution in [-0.4, -0.2) is 30.2 Å². The van der Waals surface area contributed by atoms with E-state index in [0.717, 1.165) is 23.8 Å². The van der Waals surface area contributed by atoms with Gasteiger partial charge in [-0.1, -0.05) is 55.0 Å². The molecular weight excluding hydrogens is 390 g/mol. The van der Waals surface area contributed by atoms with Gasteiger partial charge in [-0.05, 0) is 23.7 Å². The largest absolute Gasteiger partial charge is 0.611 e. The molecule has 0 amide bonds. The fourth-order valence-electron chi connectivity index (χ4n) is 2.86. The molecule has 4 rings (SSSR count). The zero-order chi connectivity index (χ0) is 19.5. The third-order valence-electron chi connectivity index (χ3n) is 4.26. The highest BCUT2D eigenvalue weighted by Crippen LogP contribution is 2.41. The Morgan fingerprint density at radius 2 is 1.79 bits per heavy atom. The number of nitrogens with two attached hydrogens (primary N) is 1. The van der Waals surface area contributed by atoms with E-state index in [4.69, 9.17) is 10.7 Å². The van der Waals surface area contributed by atoms with E-state index in [9.17, 15) is 4.55 Å². The molecule has 8 heteroatoms. The lowest BCUT2D eigenvalue weighted by Gasteiger charge is -2.08. The van der Waals surface area contributed by atoms with Crippen LogP contribution < -0.4 is 5.73 Å². The first-order chi connectivity index (χ1) is 13.7. The predicted molar refractivity (Wildman–Crippen MR) is 114 cm³/mol. The average molecular weight is 410 g/mol. The number of benzene rings is 1. The van der Waals surface area contributed by atoms with Crippen molar-refractivity contribution in [2.24, 2.45) is 0 Å². The zero-order valence-corrected chi connectivity index (χ0v) is 17.0. The van der Waals surface area contributed by atoms with E-state index >= 15 is 0 Å². The molecular formula is C20H19N5OS2. The van der Waals surface area contributed by atoms with Gasteiger partial charge in [-0.2, -0.15) is 0 Å². The van der Waals surface area contributed by atoms with Crippen molar-refractivity contribution < 1.29 is 4.55 Å². The van der Waals surface area contributed by atoms with Crippen LogP contribution >= 0.6 is 11.3 Å². The van der Waals surface area contributed by atoms with E-state index in [2.05, 4.69) is 21.9 Å². The fraction of sp³-hybridized carbons (Fsp3) is 0.200. The van der Waals surface area contributed by atoms with Crippen molar-refractivity contribution in [1.29, 1.82) is 0 Å². The number of fused-ring (bicyclic) bond motifs is 1. The summed E-state index contributed by atoms with van der Waals surface area (Å²) in [6.07, 6.45) is 5.19. The molecule has 0 aliphatic heterocycles. The molecule has 3 heterocycles. The summed E-state index contributed by atoms with van der Waals surface area (Å²) < 4.78 is 13.4. The van der Waals surface area contributed by atoms with Gasteiger partial charge in [0.15, 0.2) is 11.6 Å². The molecule has 1 atom stereocenters. The summed E-state index contributed by atoms with van der Waals surface area (Å²) in [5.74, 6) is 1.47. The second kappa shape index (κ2) is 8.22. The molecule has 0 radical (unpaired) electrons. The molecule has 4 aromatic rings. The number of nitrogen functional groups attached to an aromatic ring is 1. The van der Waals surface area contributed by atoms with E-state index in [1.54, 1.807) is 18.5 Å². The van der Waals surface area contributed by atoms with Gasteiger partial charge < -0.3 is 10.3 Å². The second-order valence-electron chi connectivity index (χ2n) is 6.22. The van der Waals surface area contributed by atoms with Crippen molar-refractivity contribution >= 4 is 38.4 Å². The van der Waals surface area contributed by atoms with Crippen molar-refractivity contribution in [2.45, 2.75) is 24.0 Å². The molecule has 0 spiro atoms. The molecule has 2 N–H and O–H groups in total. The third-order valence-corrected chi connectivity index (χ3v) is 7.25. The summed E-state index contributed by atoms with van der Waals surface area (Å²) in [7, 11) is 0. The van der Waals surface area contributed by atoms with Crippen molar-refractivity contribution in [3.63, 3.8) is 0 Å². The number of unbranched alkanes of at least 4 members (excludes halogenated alkanes) is 1. The van der Waals surface area contributed by atoms with Crippen molar-refractivity contribution in [3.8, 4) is 22.9 Å². The van der Waals surface area contributed by atoms with E-state index in [-0.39, 0.29) is 0 Å². The maximum absolute atomic E-state index is 12.8. The maximum Gasteiger partial charge on any atom is 0.232 e. The standard InChI is InChI=1S/C20H19N5OS2/c1-2-3-12-28(26)20-15(21)14-16(13-8-5-4-6-9-13)24-18(25-19(14)27-20)17-22-10-7-11-23-17/h4-11H,2-3,12,21H2,1H3. The van der Waals surface area contributed by atoms with Crippen LogP contribution in [0.2, 0.25) is 0 Å². The summed E-state index contributed by atoms with van der Waals surface area (Å²) in [6, 6.07) is 11.5. The first-order valence-corrected chi connectivity index (χ1v) is 11.1. The van der Waals surface area contributed by atoms with Crippen LogP contribution in [0.25, 0.3) is 33.1 Å². The molecule has 142 valence electrons. The molecule has 0 aliphatic carbocycles. The lowest BCUT2D eigenvalue weighted by Crippen LogP contribution is -2.07. The summed E-state index contributed by atoms with van der Waals surface area (Å²) in [5, 5.41) is 0.746. The van der Waals surface area contributed by atoms with Crippen LogP contribution in [0.3, 0.4) is 0 Å². The minimum absolute atomic E-state index is 0.430. The smallest absolute Gasteiger partial charge is 0.232 e. The van der Waals surface area contributed by atoms with Gasteiger partial charge in [0, 0.05) is 18.0 Å². The Labute approximate surface area is 170 Å². The Balaban J connectivity index is 1.94. The van der Waals surface area contributed by atoms with Crippen LogP contribution in [0.1, 0.15) is 19.8 Å². The normalized spacial score (nSPS) is 12.4. The van der Waals surface area contributed by atoms with Crippen LogP contribution in [0.5, 0.6) is 0 Å². The van der Waals surface area contributed by atoms with Crippen molar-refractivity contribution in [3.05, 3.63) is 48.8 Å². The van der Waals surface area contributed by atoms with E-state index in [1.807, 2.05) is 30.3 Å². The van der Waals surface area contributed by atoms with Gasteiger partial charge in [0.1, 0.15) is 16.3 Å². The van der Waals surface area contributed by atoms with Gasteiger partial charge in [0.2, 0.25) is 4.21 Å². The van der Waals surface area contributed by atoms with E-state index in [1.165, 1.54) is 11.3 Å². The second-order valence-corrected chi connectivity index (χ2v) is 8.99. The van der Waals surface area contributed by atoms with Gasteiger partial charge >= 0.3 is 0 Å². The van der Waals surface area contributed by atoms with Crippen LogP contribution in [0.4, 0.5) is 5.69 Å². The zero-order valence-electron chi connectivity index (χ0n) is 15.3. The summed E-state index contributed by atoms with van der Waals surface area (Å²) in [6.45, 7) is 2.08. The summed E-state index contributed by atoms with van der Waals surface area (Å²) in [5.41, 5.74) is 8.58. The predicted octanol–water partition coefficient (Wildman–Crippen LogP) is 4.31. The number of nitrogens with zero attached hydrogens (tertiary/aromatic N) is 4. The molecule has 28 heavy (non-hydrogen) atoms. The topological polar surface area (TPSA) is 101 Å². The summed E-state index contributed by atoms with van der Waals surface area (Å²) >= 11 is 0.219. The third kappa shape index (κ3) is 3.58. The number of anilines is 1. The SMILES string of the molecule is CCCC[S+]([O-])c1sc2nc(-c3ncccn3)nc(-c3ccccc3)c2c1N. The van der Waals surface area contributed by atoms with Crippen LogP contribution in [0, 0.1) is 0 Å². The highest BCUT2D eigenvalue weighted by molar-refractivity contribution is 7.93. The molecule has 1 unspecified atom stereocenters. The fourth-order valence-corrected chi connectivity index (χ4v) is 5.63. The lowest BCUT2D eigenvalue weighted by atomic mass is 10.1. The van der Waals surface area contributed by atoms with Crippen LogP contribution in [-0.2, 0) is 11.2 Å².